The van der Waals surface area contributed by atoms with Crippen LogP contribution >= 0.6 is 12.2 Å². The molecular weight excluding hydrogens is 277 g/mol. The molecule has 0 saturated carbocycles. The van der Waals surface area contributed by atoms with Crippen molar-refractivity contribution in [1.29, 1.82) is 0 Å². The monoisotopic (exact) mass is 285 g/mol. The van der Waals surface area contributed by atoms with E-state index < -0.39 is 30.5 Å². The molecular formula is C10H8F5NOS. The molecule has 0 amide bonds. The van der Waals surface area contributed by atoms with Gasteiger partial charge >= 0.3 is 12.3 Å². The number of alkyl halides is 4. The summed E-state index contributed by atoms with van der Waals surface area (Å²) in [6.07, 6.45) is -3.88. The van der Waals surface area contributed by atoms with Gasteiger partial charge in [-0.15, -0.1) is 0 Å². The topological polar surface area (TPSA) is 35.2 Å². The normalized spacial score (nSPS) is 11.7. The fraction of sp³-hybridized carbons (Fsp3) is 0.300. The summed E-state index contributed by atoms with van der Waals surface area (Å²) in [5, 5.41) is 0. The largest absolute Gasteiger partial charge is 0.484 e. The maximum absolute atomic E-state index is 13.3. The highest BCUT2D eigenvalue weighted by molar-refractivity contribution is 7.80. The number of hydrogen-bond donors (Lipinski definition) is 1. The van der Waals surface area contributed by atoms with Crippen LogP contribution in [0.15, 0.2) is 18.2 Å². The summed E-state index contributed by atoms with van der Waals surface area (Å²) in [4.78, 5) is -0.0849. The summed E-state index contributed by atoms with van der Waals surface area (Å²) >= 11 is 4.57. The third-order valence-electron chi connectivity index (χ3n) is 1.96. The molecule has 0 spiro atoms. The highest BCUT2D eigenvalue weighted by atomic mass is 32.1. The van der Waals surface area contributed by atoms with E-state index >= 15 is 0 Å². The molecule has 0 heterocycles. The second-order valence-electron chi connectivity index (χ2n) is 3.36. The van der Waals surface area contributed by atoms with Crippen LogP contribution in [0.4, 0.5) is 22.0 Å². The first-order valence-corrected chi connectivity index (χ1v) is 5.03. The first kappa shape index (κ1) is 14.6. The lowest BCUT2D eigenvalue weighted by molar-refractivity contribution is -0.148. The maximum Gasteiger partial charge on any atom is 0.340 e. The van der Waals surface area contributed by atoms with Crippen molar-refractivity contribution in [2.75, 3.05) is 6.61 Å². The average molecular weight is 285 g/mol. The number of rotatable bonds is 5. The van der Waals surface area contributed by atoms with E-state index in [4.69, 9.17) is 5.73 Å². The minimum Gasteiger partial charge on any atom is -0.484 e. The molecule has 0 radical (unpaired) electrons. The molecule has 100 valence electrons. The summed E-state index contributed by atoms with van der Waals surface area (Å²) in [5.74, 6) is -5.92. The fourth-order valence-electron chi connectivity index (χ4n) is 1.01. The Balaban J connectivity index is 2.78. The molecule has 0 aliphatic rings. The van der Waals surface area contributed by atoms with Crippen LogP contribution in [0.2, 0.25) is 0 Å². The predicted octanol–water partition coefficient (Wildman–Crippen LogP) is 2.74. The van der Waals surface area contributed by atoms with E-state index in [-0.39, 0.29) is 10.6 Å². The number of benzene rings is 1. The number of nitrogens with two attached hydrogens (primary N) is 1. The van der Waals surface area contributed by atoms with Gasteiger partial charge in [0.25, 0.3) is 0 Å². The smallest absolute Gasteiger partial charge is 0.340 e. The molecule has 0 aliphatic heterocycles. The standard InChI is InChI=1S/C10H8F5NOS/c11-6-3-5(8(16)18)1-2-7(6)17-4-10(14,15)9(12)13/h1-3,9H,4H2,(H2,16,18). The highest BCUT2D eigenvalue weighted by Crippen LogP contribution is 2.25. The molecule has 0 aliphatic carbocycles. The number of thiocarbonyl (C=S) groups is 1. The van der Waals surface area contributed by atoms with Crippen molar-refractivity contribution in [3.63, 3.8) is 0 Å². The van der Waals surface area contributed by atoms with Gasteiger partial charge < -0.3 is 10.5 Å². The van der Waals surface area contributed by atoms with Crippen molar-refractivity contribution >= 4 is 17.2 Å². The van der Waals surface area contributed by atoms with Crippen LogP contribution in [-0.2, 0) is 0 Å². The summed E-state index contributed by atoms with van der Waals surface area (Å²) < 4.78 is 66.3. The van der Waals surface area contributed by atoms with Crippen LogP contribution in [0, 0.1) is 5.82 Å². The molecule has 0 saturated heterocycles. The van der Waals surface area contributed by atoms with Crippen molar-refractivity contribution in [3.05, 3.63) is 29.6 Å². The Morgan fingerprint density at radius 3 is 2.44 bits per heavy atom. The Kier molecular flexibility index (Phi) is 4.44. The predicted molar refractivity (Wildman–Crippen MR) is 58.7 cm³/mol. The van der Waals surface area contributed by atoms with Gasteiger partial charge in [-0.2, -0.15) is 8.78 Å². The van der Waals surface area contributed by atoms with Gasteiger partial charge in [0.1, 0.15) is 4.99 Å². The zero-order valence-electron chi connectivity index (χ0n) is 8.80. The summed E-state index contributed by atoms with van der Waals surface area (Å²) in [6, 6.07) is 3.10. The van der Waals surface area contributed by atoms with Crippen LogP contribution in [0.1, 0.15) is 5.56 Å². The Morgan fingerprint density at radius 1 is 1.39 bits per heavy atom. The second kappa shape index (κ2) is 5.47. The van der Waals surface area contributed by atoms with E-state index in [9.17, 15) is 22.0 Å². The zero-order chi connectivity index (χ0) is 13.9. The molecule has 1 rings (SSSR count). The SMILES string of the molecule is NC(=S)c1ccc(OCC(F)(F)C(F)F)c(F)c1. The molecule has 0 bridgehead atoms. The van der Waals surface area contributed by atoms with Gasteiger partial charge in [0, 0.05) is 5.56 Å². The van der Waals surface area contributed by atoms with Crippen LogP contribution < -0.4 is 10.5 Å². The molecule has 0 aromatic heterocycles. The molecule has 0 fully saturated rings. The first-order chi connectivity index (χ1) is 8.24. The van der Waals surface area contributed by atoms with Gasteiger partial charge in [0.2, 0.25) is 0 Å². The lowest BCUT2D eigenvalue weighted by Gasteiger charge is -2.16. The van der Waals surface area contributed by atoms with E-state index in [0.29, 0.717) is 0 Å². The van der Waals surface area contributed by atoms with Gasteiger partial charge in [-0.3, -0.25) is 0 Å². The van der Waals surface area contributed by atoms with Crippen LogP contribution in [0.25, 0.3) is 0 Å². The number of hydrogen-bond acceptors (Lipinski definition) is 2. The summed E-state index contributed by atoms with van der Waals surface area (Å²) in [5.41, 5.74) is 5.40. The second-order valence-corrected chi connectivity index (χ2v) is 3.80. The molecule has 1 aromatic carbocycles. The van der Waals surface area contributed by atoms with Crippen LogP contribution in [-0.4, -0.2) is 23.9 Å². The van der Waals surface area contributed by atoms with Crippen LogP contribution in [0.5, 0.6) is 5.75 Å². The van der Waals surface area contributed by atoms with Gasteiger partial charge in [-0.25, -0.2) is 13.2 Å². The Morgan fingerprint density at radius 2 is 2.00 bits per heavy atom. The molecule has 8 heteroatoms. The maximum atomic E-state index is 13.3. The molecule has 2 N–H and O–H groups in total. The average Bonchev–Trinajstić information content (AvgIpc) is 2.26. The van der Waals surface area contributed by atoms with Crippen molar-refractivity contribution in [2.45, 2.75) is 12.3 Å². The molecule has 2 nitrogen and oxygen atoms in total. The quantitative estimate of drug-likeness (QED) is 0.667. The van der Waals surface area contributed by atoms with Crippen LogP contribution in [0.3, 0.4) is 0 Å². The molecule has 0 unspecified atom stereocenters. The lowest BCUT2D eigenvalue weighted by Crippen LogP contribution is -2.33. The molecule has 0 atom stereocenters. The molecule has 18 heavy (non-hydrogen) atoms. The van der Waals surface area contributed by atoms with Crippen molar-refractivity contribution in [2.24, 2.45) is 5.73 Å². The number of ether oxygens (including phenoxy) is 1. The van der Waals surface area contributed by atoms with Crippen molar-refractivity contribution in [1.82, 2.24) is 0 Å². The van der Waals surface area contributed by atoms with Crippen molar-refractivity contribution < 1.29 is 26.7 Å². The first-order valence-electron chi connectivity index (χ1n) is 4.62. The van der Waals surface area contributed by atoms with Gasteiger partial charge in [-0.05, 0) is 18.2 Å². The minimum absolute atomic E-state index is 0.0849. The summed E-state index contributed by atoms with van der Waals surface area (Å²) in [6.45, 7) is -1.62. The van der Waals surface area contributed by atoms with Gasteiger partial charge in [0.05, 0.1) is 0 Å². The number of halogens is 5. The van der Waals surface area contributed by atoms with E-state index in [0.717, 1.165) is 12.1 Å². The molecule has 1 aromatic rings. The Bertz CT molecular complexity index is 452. The fourth-order valence-corrected chi connectivity index (χ4v) is 1.14. The third kappa shape index (κ3) is 3.52. The lowest BCUT2D eigenvalue weighted by atomic mass is 10.2. The van der Waals surface area contributed by atoms with Gasteiger partial charge in [0.15, 0.2) is 18.2 Å². The highest BCUT2D eigenvalue weighted by Gasteiger charge is 2.41. The van der Waals surface area contributed by atoms with E-state index in [1.807, 2.05) is 0 Å². The zero-order valence-corrected chi connectivity index (χ0v) is 9.62. The van der Waals surface area contributed by atoms with Gasteiger partial charge in [-0.1, -0.05) is 12.2 Å². The van der Waals surface area contributed by atoms with E-state index in [1.54, 1.807) is 0 Å². The van der Waals surface area contributed by atoms with E-state index in [1.165, 1.54) is 6.07 Å². The third-order valence-corrected chi connectivity index (χ3v) is 2.19. The Labute approximate surface area is 105 Å². The minimum atomic E-state index is -4.34. The summed E-state index contributed by atoms with van der Waals surface area (Å²) in [7, 11) is 0. The van der Waals surface area contributed by atoms with E-state index in [2.05, 4.69) is 17.0 Å². The Hall–Kier alpha value is -1.44. The van der Waals surface area contributed by atoms with Crippen molar-refractivity contribution in [3.8, 4) is 5.75 Å².